The van der Waals surface area contributed by atoms with E-state index in [1.165, 1.54) is 21.2 Å². The Labute approximate surface area is 83.5 Å². The summed E-state index contributed by atoms with van der Waals surface area (Å²) in [4.78, 5) is 0.313. The van der Waals surface area contributed by atoms with Crippen LogP contribution in [0, 0.1) is 0 Å². The van der Waals surface area contributed by atoms with Gasteiger partial charge in [-0.3, -0.25) is 0 Å². The highest BCUT2D eigenvalue weighted by Crippen LogP contribution is 2.20. The van der Waals surface area contributed by atoms with Crippen molar-refractivity contribution in [1.29, 1.82) is 0 Å². The molecule has 0 atom stereocenters. The van der Waals surface area contributed by atoms with Gasteiger partial charge in [0.2, 0.25) is 7.01 Å². The first kappa shape index (κ1) is 9.94. The van der Waals surface area contributed by atoms with Crippen molar-refractivity contribution in [3.8, 4) is 0 Å². The van der Waals surface area contributed by atoms with Crippen LogP contribution in [-0.2, 0) is 13.6 Å². The van der Waals surface area contributed by atoms with Crippen LogP contribution in [0.3, 0.4) is 0 Å². The third-order valence-electron chi connectivity index (χ3n) is 1.46. The summed E-state index contributed by atoms with van der Waals surface area (Å²) in [5.74, 6) is 0. The zero-order valence-electron chi connectivity index (χ0n) is 6.20. The van der Waals surface area contributed by atoms with Gasteiger partial charge in [-0.25, -0.2) is 8.42 Å². The van der Waals surface area contributed by atoms with E-state index in [1.807, 2.05) is 0 Å². The largest absolute Gasteiger partial charge is 0.326 e. The smallest absolute Gasteiger partial charge is 0.231 e. The van der Waals surface area contributed by atoms with Crippen molar-refractivity contribution in [3.63, 3.8) is 0 Å². The molecule has 0 bridgehead atoms. The molecule has 0 aliphatic heterocycles. The van der Waals surface area contributed by atoms with Crippen LogP contribution in [0.5, 0.6) is 0 Å². The summed E-state index contributed by atoms with van der Waals surface area (Å²) < 4.78 is 22.3. The third-order valence-corrected chi connectivity index (χ3v) is 3.80. The molecule has 0 saturated heterocycles. The van der Waals surface area contributed by atoms with Gasteiger partial charge in [0.1, 0.15) is 0 Å². The van der Waals surface area contributed by atoms with Crippen LogP contribution in [0.1, 0.15) is 5.56 Å². The average Bonchev–Trinajstić information content (AvgIpc) is 2.03. The topological polar surface area (TPSA) is 60.2 Å². The van der Waals surface area contributed by atoms with Gasteiger partial charge < -0.3 is 5.73 Å². The highest BCUT2D eigenvalue weighted by molar-refractivity contribution is 14.2. The monoisotopic (exact) mass is 297 g/mol. The molecule has 0 fully saturated rings. The highest BCUT2D eigenvalue weighted by atomic mass is 127. The molecule has 0 spiro atoms. The van der Waals surface area contributed by atoms with Gasteiger partial charge in [0.25, 0.3) is 0 Å². The molecule has 3 nitrogen and oxygen atoms in total. The number of hydrogen-bond donors (Lipinski definition) is 1. The van der Waals surface area contributed by atoms with Crippen LogP contribution < -0.4 is 5.73 Å². The number of rotatable bonds is 2. The fraction of sp³-hybridized carbons (Fsp3) is 0.143. The molecule has 0 unspecified atom stereocenters. The van der Waals surface area contributed by atoms with E-state index in [4.69, 9.17) is 5.73 Å². The average molecular weight is 297 g/mol. The quantitative estimate of drug-likeness (QED) is 0.660. The second kappa shape index (κ2) is 3.71. The minimum Gasteiger partial charge on any atom is -0.326 e. The maximum absolute atomic E-state index is 11.1. The standard InChI is InChI=1S/C7H8INO2S/c8-12(10,11)7-4-2-1-3-6(7)5-9/h1-4H,5,9H2. The molecule has 0 amide bonds. The molecular formula is C7H8INO2S. The minimum atomic E-state index is -3.16. The second-order valence-corrected chi connectivity index (χ2v) is 7.04. The van der Waals surface area contributed by atoms with Gasteiger partial charge in [-0.15, -0.1) is 0 Å². The molecule has 0 aromatic heterocycles. The summed E-state index contributed by atoms with van der Waals surface area (Å²) >= 11 is 1.41. The van der Waals surface area contributed by atoms with Crippen LogP contribution >= 0.6 is 21.2 Å². The minimum absolute atomic E-state index is 0.248. The van der Waals surface area contributed by atoms with E-state index in [0.717, 1.165) is 0 Å². The predicted molar refractivity (Wildman–Crippen MR) is 55.5 cm³/mol. The number of halogens is 1. The summed E-state index contributed by atoms with van der Waals surface area (Å²) in [5.41, 5.74) is 6.04. The van der Waals surface area contributed by atoms with E-state index in [0.29, 0.717) is 10.5 Å². The van der Waals surface area contributed by atoms with Crippen molar-refractivity contribution < 1.29 is 8.42 Å². The molecular weight excluding hydrogens is 289 g/mol. The van der Waals surface area contributed by atoms with E-state index in [1.54, 1.807) is 24.3 Å². The Balaban J connectivity index is 3.33. The molecule has 0 aliphatic carbocycles. The molecule has 0 heterocycles. The Morgan fingerprint density at radius 1 is 1.33 bits per heavy atom. The lowest BCUT2D eigenvalue weighted by Gasteiger charge is -2.02. The van der Waals surface area contributed by atoms with Crippen LogP contribution in [0.15, 0.2) is 29.2 Å². The SMILES string of the molecule is NCc1ccccc1S(=O)(=O)I. The molecule has 1 aromatic rings. The molecule has 2 N–H and O–H groups in total. The summed E-state index contributed by atoms with van der Waals surface area (Å²) in [7, 11) is -3.16. The van der Waals surface area contributed by atoms with Crippen LogP contribution in [-0.4, -0.2) is 8.42 Å². The Morgan fingerprint density at radius 2 is 1.92 bits per heavy atom. The molecule has 0 radical (unpaired) electrons. The molecule has 66 valence electrons. The van der Waals surface area contributed by atoms with Gasteiger partial charge in [0, 0.05) is 6.54 Å². The maximum Gasteiger partial charge on any atom is 0.231 e. The Bertz CT molecular complexity index is 375. The van der Waals surface area contributed by atoms with Gasteiger partial charge in [-0.05, 0) is 11.6 Å². The molecule has 0 aliphatic rings. The third kappa shape index (κ3) is 2.18. The van der Waals surface area contributed by atoms with Gasteiger partial charge >= 0.3 is 0 Å². The second-order valence-electron chi connectivity index (χ2n) is 2.25. The van der Waals surface area contributed by atoms with Crippen molar-refractivity contribution in [3.05, 3.63) is 29.8 Å². The van der Waals surface area contributed by atoms with Crippen molar-refractivity contribution in [1.82, 2.24) is 0 Å². The lowest BCUT2D eigenvalue weighted by Crippen LogP contribution is -2.02. The van der Waals surface area contributed by atoms with E-state index in [-0.39, 0.29) is 6.54 Å². The van der Waals surface area contributed by atoms with Gasteiger partial charge in [-0.1, -0.05) is 18.2 Å². The summed E-state index contributed by atoms with van der Waals surface area (Å²) in [6.45, 7) is 0.248. The molecule has 5 heteroatoms. The lowest BCUT2D eigenvalue weighted by atomic mass is 10.2. The number of hydrogen-bond acceptors (Lipinski definition) is 3. The first-order valence-corrected chi connectivity index (χ1v) is 7.31. The lowest BCUT2D eigenvalue weighted by molar-refractivity contribution is 0.611. The summed E-state index contributed by atoms with van der Waals surface area (Å²) in [5, 5.41) is 0. The highest BCUT2D eigenvalue weighted by Gasteiger charge is 2.12. The zero-order valence-corrected chi connectivity index (χ0v) is 9.17. The maximum atomic E-state index is 11.1. The van der Waals surface area contributed by atoms with Gasteiger partial charge in [-0.2, -0.15) is 0 Å². The Hall–Kier alpha value is -0.140. The fourth-order valence-corrected chi connectivity index (χ4v) is 2.90. The van der Waals surface area contributed by atoms with Crippen LogP contribution in [0.4, 0.5) is 0 Å². The molecule has 1 rings (SSSR count). The molecule has 0 saturated carbocycles. The molecule has 12 heavy (non-hydrogen) atoms. The first-order valence-electron chi connectivity index (χ1n) is 3.28. The fourth-order valence-electron chi connectivity index (χ4n) is 0.910. The van der Waals surface area contributed by atoms with Crippen molar-refractivity contribution in [2.24, 2.45) is 5.73 Å². The predicted octanol–water partition coefficient (Wildman–Crippen LogP) is 1.27. The van der Waals surface area contributed by atoms with Crippen LogP contribution in [0.2, 0.25) is 0 Å². The summed E-state index contributed by atoms with van der Waals surface area (Å²) in [6, 6.07) is 6.73. The van der Waals surface area contributed by atoms with Crippen molar-refractivity contribution >= 4 is 28.2 Å². The van der Waals surface area contributed by atoms with E-state index in [9.17, 15) is 8.42 Å². The number of benzene rings is 1. The van der Waals surface area contributed by atoms with Gasteiger partial charge in [0.05, 0.1) is 26.1 Å². The Morgan fingerprint density at radius 3 is 2.33 bits per heavy atom. The van der Waals surface area contributed by atoms with Crippen molar-refractivity contribution in [2.45, 2.75) is 11.4 Å². The summed E-state index contributed by atoms with van der Waals surface area (Å²) in [6.07, 6.45) is 0. The molecule has 1 aromatic carbocycles. The first-order chi connectivity index (χ1) is 5.55. The van der Waals surface area contributed by atoms with Crippen LogP contribution in [0.25, 0.3) is 0 Å². The number of nitrogens with two attached hydrogens (primary N) is 1. The van der Waals surface area contributed by atoms with E-state index >= 15 is 0 Å². The normalized spacial score (nSPS) is 11.5. The zero-order chi connectivity index (χ0) is 9.19. The Kier molecular flexibility index (Phi) is 3.08. The van der Waals surface area contributed by atoms with E-state index < -0.39 is 7.01 Å². The van der Waals surface area contributed by atoms with Crippen molar-refractivity contribution in [2.75, 3.05) is 0 Å². The van der Waals surface area contributed by atoms with Gasteiger partial charge in [0.15, 0.2) is 0 Å². The van der Waals surface area contributed by atoms with E-state index in [2.05, 4.69) is 0 Å².